The van der Waals surface area contributed by atoms with Crippen molar-refractivity contribution in [1.29, 1.82) is 0 Å². The van der Waals surface area contributed by atoms with Crippen LogP contribution in [-0.4, -0.2) is 16.3 Å². The molecule has 0 aliphatic carbocycles. The molecule has 6 heteroatoms. The summed E-state index contributed by atoms with van der Waals surface area (Å²) in [6, 6.07) is 8.05. The van der Waals surface area contributed by atoms with Gasteiger partial charge in [-0.1, -0.05) is 29.8 Å². The van der Waals surface area contributed by atoms with E-state index >= 15 is 0 Å². The minimum Gasteiger partial charge on any atom is -0.328 e. The van der Waals surface area contributed by atoms with Gasteiger partial charge in [0, 0.05) is 12.7 Å². The van der Waals surface area contributed by atoms with Crippen molar-refractivity contribution in [3.8, 4) is 0 Å². The second-order valence-electron chi connectivity index (χ2n) is 4.34. The van der Waals surface area contributed by atoms with Crippen LogP contribution in [0.4, 0.5) is 13.2 Å². The summed E-state index contributed by atoms with van der Waals surface area (Å²) in [6.45, 7) is 2.12. The van der Waals surface area contributed by atoms with Gasteiger partial charge in [-0.25, -0.2) is 0 Å². The number of aryl methyl sites for hydroxylation is 1. The number of benzene rings is 1. The summed E-state index contributed by atoms with van der Waals surface area (Å²) in [5, 5.41) is 3.56. The lowest BCUT2D eigenvalue weighted by Crippen LogP contribution is -2.21. The first-order valence-electron chi connectivity index (χ1n) is 5.81. The molecule has 1 atom stereocenters. The van der Waals surface area contributed by atoms with E-state index < -0.39 is 17.9 Å². The van der Waals surface area contributed by atoms with Crippen molar-refractivity contribution in [2.24, 2.45) is 5.73 Å². The number of nitrogens with zero attached hydrogens (tertiary/aromatic N) is 2. The van der Waals surface area contributed by atoms with Gasteiger partial charge in [-0.3, -0.25) is 4.68 Å². The van der Waals surface area contributed by atoms with Gasteiger partial charge in [0.25, 0.3) is 0 Å². The summed E-state index contributed by atoms with van der Waals surface area (Å²) in [5.74, 6) is 0. The van der Waals surface area contributed by atoms with Crippen LogP contribution >= 0.6 is 0 Å². The highest BCUT2D eigenvalue weighted by Crippen LogP contribution is 2.28. The average Bonchev–Trinajstić information content (AvgIpc) is 2.82. The second-order valence-corrected chi connectivity index (χ2v) is 4.34. The number of rotatable bonds is 3. The largest absolute Gasteiger partial charge is 0.435 e. The number of alkyl halides is 3. The van der Waals surface area contributed by atoms with Crippen LogP contribution in [-0.2, 0) is 6.18 Å². The van der Waals surface area contributed by atoms with E-state index in [1.807, 2.05) is 31.2 Å². The van der Waals surface area contributed by atoms with Gasteiger partial charge >= 0.3 is 6.18 Å². The summed E-state index contributed by atoms with van der Waals surface area (Å²) in [6.07, 6.45) is -3.13. The quantitative estimate of drug-likeness (QED) is 0.931. The van der Waals surface area contributed by atoms with Crippen molar-refractivity contribution in [2.75, 3.05) is 6.54 Å². The molecule has 1 aromatic heterocycles. The maximum Gasteiger partial charge on any atom is 0.435 e. The zero-order chi connectivity index (χ0) is 14.0. The highest BCUT2D eigenvalue weighted by molar-refractivity contribution is 5.25. The van der Waals surface area contributed by atoms with Gasteiger partial charge < -0.3 is 5.73 Å². The molecule has 102 valence electrons. The number of aromatic nitrogens is 2. The molecule has 2 N–H and O–H groups in total. The third-order valence-electron chi connectivity index (χ3n) is 2.90. The maximum atomic E-state index is 12.5. The second kappa shape index (κ2) is 5.05. The van der Waals surface area contributed by atoms with Crippen LogP contribution in [0.2, 0.25) is 0 Å². The van der Waals surface area contributed by atoms with Gasteiger partial charge in [-0.2, -0.15) is 18.3 Å². The molecule has 0 aliphatic rings. The van der Waals surface area contributed by atoms with E-state index in [1.165, 1.54) is 10.9 Å². The zero-order valence-electron chi connectivity index (χ0n) is 10.4. The van der Waals surface area contributed by atoms with Crippen LogP contribution < -0.4 is 5.73 Å². The van der Waals surface area contributed by atoms with Crippen molar-refractivity contribution in [3.63, 3.8) is 0 Å². The standard InChI is InChI=1S/C13H14F3N3/c1-9-2-4-10(5-3-9)11(8-17)19-7-6-12(18-19)13(14,15)16/h2-7,11H,8,17H2,1H3. The first-order valence-corrected chi connectivity index (χ1v) is 5.81. The Labute approximate surface area is 108 Å². The van der Waals surface area contributed by atoms with E-state index in [9.17, 15) is 13.2 Å². The van der Waals surface area contributed by atoms with E-state index in [1.54, 1.807) is 0 Å². The molecule has 0 saturated carbocycles. The van der Waals surface area contributed by atoms with Crippen LogP contribution in [0.1, 0.15) is 22.9 Å². The topological polar surface area (TPSA) is 43.8 Å². The normalized spacial score (nSPS) is 13.5. The summed E-state index contributed by atoms with van der Waals surface area (Å²) >= 11 is 0. The summed E-state index contributed by atoms with van der Waals surface area (Å²) in [4.78, 5) is 0. The Morgan fingerprint density at radius 2 is 1.84 bits per heavy atom. The molecule has 0 radical (unpaired) electrons. The van der Waals surface area contributed by atoms with E-state index in [-0.39, 0.29) is 6.54 Å². The molecule has 0 amide bonds. The lowest BCUT2D eigenvalue weighted by molar-refractivity contribution is -0.141. The molecule has 1 heterocycles. The molecular weight excluding hydrogens is 255 g/mol. The zero-order valence-corrected chi connectivity index (χ0v) is 10.4. The molecule has 0 saturated heterocycles. The fourth-order valence-electron chi connectivity index (χ4n) is 1.85. The lowest BCUT2D eigenvalue weighted by atomic mass is 10.1. The van der Waals surface area contributed by atoms with Crippen LogP contribution in [0, 0.1) is 6.92 Å². The molecule has 3 nitrogen and oxygen atoms in total. The van der Waals surface area contributed by atoms with E-state index in [2.05, 4.69) is 5.10 Å². The molecule has 1 aromatic carbocycles. The van der Waals surface area contributed by atoms with Gasteiger partial charge in [0.2, 0.25) is 0 Å². The van der Waals surface area contributed by atoms with Gasteiger partial charge in [-0.05, 0) is 18.6 Å². The van der Waals surface area contributed by atoms with Crippen molar-refractivity contribution < 1.29 is 13.2 Å². The third-order valence-corrected chi connectivity index (χ3v) is 2.90. The van der Waals surface area contributed by atoms with E-state index in [0.717, 1.165) is 17.2 Å². The van der Waals surface area contributed by atoms with Crippen LogP contribution in [0.15, 0.2) is 36.5 Å². The predicted molar refractivity (Wildman–Crippen MR) is 65.6 cm³/mol. The SMILES string of the molecule is Cc1ccc(C(CN)n2ccc(C(F)(F)F)n2)cc1. The van der Waals surface area contributed by atoms with Gasteiger partial charge in [0.15, 0.2) is 5.69 Å². The highest BCUT2D eigenvalue weighted by atomic mass is 19.4. The van der Waals surface area contributed by atoms with E-state index in [4.69, 9.17) is 5.73 Å². The molecule has 2 rings (SSSR count). The van der Waals surface area contributed by atoms with E-state index in [0.29, 0.717) is 0 Å². The molecular formula is C13H14F3N3. The lowest BCUT2D eigenvalue weighted by Gasteiger charge is -2.16. The monoisotopic (exact) mass is 269 g/mol. The summed E-state index contributed by atoms with van der Waals surface area (Å²) in [5.41, 5.74) is 6.66. The Hall–Kier alpha value is -1.82. The highest BCUT2D eigenvalue weighted by Gasteiger charge is 2.34. The maximum absolute atomic E-state index is 12.5. The number of hydrogen-bond acceptors (Lipinski definition) is 2. The van der Waals surface area contributed by atoms with Crippen molar-refractivity contribution in [1.82, 2.24) is 9.78 Å². The molecule has 1 unspecified atom stereocenters. The molecule has 19 heavy (non-hydrogen) atoms. The van der Waals surface area contributed by atoms with Crippen LogP contribution in [0.25, 0.3) is 0 Å². The van der Waals surface area contributed by atoms with Crippen molar-refractivity contribution >= 4 is 0 Å². The minimum absolute atomic E-state index is 0.183. The Balaban J connectivity index is 2.32. The summed E-state index contributed by atoms with van der Waals surface area (Å²) in [7, 11) is 0. The third kappa shape index (κ3) is 2.96. The van der Waals surface area contributed by atoms with Crippen LogP contribution in [0.5, 0.6) is 0 Å². The number of nitrogens with two attached hydrogens (primary N) is 1. The predicted octanol–water partition coefficient (Wildman–Crippen LogP) is 2.76. The first-order chi connectivity index (χ1) is 8.91. The first kappa shape index (κ1) is 13.6. The van der Waals surface area contributed by atoms with Crippen LogP contribution in [0.3, 0.4) is 0 Å². The molecule has 0 spiro atoms. The van der Waals surface area contributed by atoms with Gasteiger partial charge in [0.1, 0.15) is 0 Å². The smallest absolute Gasteiger partial charge is 0.328 e. The fraction of sp³-hybridized carbons (Fsp3) is 0.308. The summed E-state index contributed by atoms with van der Waals surface area (Å²) < 4.78 is 38.8. The molecule has 0 bridgehead atoms. The Morgan fingerprint density at radius 3 is 2.32 bits per heavy atom. The molecule has 0 aliphatic heterocycles. The number of halogens is 3. The molecule has 0 fully saturated rings. The van der Waals surface area contributed by atoms with Gasteiger partial charge in [-0.15, -0.1) is 0 Å². The Kier molecular flexibility index (Phi) is 3.61. The van der Waals surface area contributed by atoms with Crippen molar-refractivity contribution in [3.05, 3.63) is 53.3 Å². The minimum atomic E-state index is -4.43. The van der Waals surface area contributed by atoms with Crippen molar-refractivity contribution in [2.45, 2.75) is 19.1 Å². The molecule has 2 aromatic rings. The Morgan fingerprint density at radius 1 is 1.21 bits per heavy atom. The fourth-order valence-corrected chi connectivity index (χ4v) is 1.85. The Bertz CT molecular complexity index is 543. The number of hydrogen-bond donors (Lipinski definition) is 1. The van der Waals surface area contributed by atoms with Gasteiger partial charge in [0.05, 0.1) is 6.04 Å². The average molecular weight is 269 g/mol.